The van der Waals surface area contributed by atoms with Crippen LogP contribution in [0.15, 0.2) is 120 Å². The van der Waals surface area contributed by atoms with Crippen molar-refractivity contribution in [3.63, 3.8) is 0 Å². The van der Waals surface area contributed by atoms with Crippen molar-refractivity contribution in [3.8, 4) is 5.69 Å². The number of carbonyl (C=O) groups excluding carboxylic acids is 1. The molecule has 0 saturated carbocycles. The molecule has 1 aliphatic carbocycles. The molecule has 222 valence electrons. The van der Waals surface area contributed by atoms with Gasteiger partial charge in [-0.25, -0.2) is 13.5 Å². The first-order valence-electron chi connectivity index (χ1n) is 15.1. The van der Waals surface area contributed by atoms with Crippen molar-refractivity contribution < 1.29 is 13.6 Å². The zero-order valence-electron chi connectivity index (χ0n) is 24.4. The predicted molar refractivity (Wildman–Crippen MR) is 169 cm³/mol. The highest BCUT2D eigenvalue weighted by Crippen LogP contribution is 2.41. The summed E-state index contributed by atoms with van der Waals surface area (Å²) in [5, 5.41) is 10.3. The summed E-state index contributed by atoms with van der Waals surface area (Å²) >= 11 is 0. The number of anilines is 1. The molecule has 0 bridgehead atoms. The second-order valence-corrected chi connectivity index (χ2v) is 11.7. The van der Waals surface area contributed by atoms with Crippen molar-refractivity contribution in [2.24, 2.45) is 5.10 Å². The van der Waals surface area contributed by atoms with Gasteiger partial charge in [0.05, 0.1) is 16.9 Å². The van der Waals surface area contributed by atoms with E-state index in [0.29, 0.717) is 24.2 Å². The van der Waals surface area contributed by atoms with E-state index in [1.807, 2.05) is 60.8 Å². The lowest BCUT2D eigenvalue weighted by Crippen LogP contribution is -2.31. The molecule has 2 aliphatic heterocycles. The molecular weight excluding hydrogens is 568 g/mol. The third kappa shape index (κ3) is 4.87. The van der Waals surface area contributed by atoms with Crippen LogP contribution in [0.2, 0.25) is 0 Å². The molecule has 8 heteroatoms. The van der Waals surface area contributed by atoms with Crippen LogP contribution >= 0.6 is 0 Å². The molecule has 1 amide bonds. The molecule has 0 saturated heterocycles. The van der Waals surface area contributed by atoms with Crippen LogP contribution in [0.5, 0.6) is 0 Å². The number of benzene rings is 4. The maximum Gasteiger partial charge on any atom is 0.280 e. The fraction of sp³-hybridized carbons (Fsp3) is 0.162. The van der Waals surface area contributed by atoms with Crippen molar-refractivity contribution in [1.82, 2.24) is 14.7 Å². The topological polar surface area (TPSA) is 53.7 Å². The minimum atomic E-state index is -0.593. The average Bonchev–Trinajstić information content (AvgIpc) is 3.72. The minimum Gasteiger partial charge on any atom is -0.294 e. The summed E-state index contributed by atoms with van der Waals surface area (Å²) in [4.78, 5) is 16.4. The fourth-order valence-corrected chi connectivity index (χ4v) is 6.77. The SMILES string of the molecule is O=C1C2=CC(Cc3ccc(-n4cccn4)cc3)c3c(F)ccc(F)c3C2=NN1c1ccccc1CN1CCc2ccccc2C1. The van der Waals surface area contributed by atoms with E-state index in [-0.39, 0.29) is 22.7 Å². The Morgan fingerprint density at radius 1 is 0.844 bits per heavy atom. The van der Waals surface area contributed by atoms with Crippen LogP contribution in [0.25, 0.3) is 5.69 Å². The highest BCUT2D eigenvalue weighted by atomic mass is 19.1. The van der Waals surface area contributed by atoms with E-state index in [1.54, 1.807) is 17.0 Å². The normalized spacial score (nSPS) is 17.4. The lowest BCUT2D eigenvalue weighted by Gasteiger charge is -2.29. The van der Waals surface area contributed by atoms with E-state index in [1.165, 1.54) is 16.1 Å². The summed E-state index contributed by atoms with van der Waals surface area (Å²) in [6.45, 7) is 2.36. The summed E-state index contributed by atoms with van der Waals surface area (Å²) < 4.78 is 32.8. The van der Waals surface area contributed by atoms with Crippen molar-refractivity contribution in [2.45, 2.75) is 31.8 Å². The van der Waals surface area contributed by atoms with Gasteiger partial charge in [0.1, 0.15) is 17.3 Å². The zero-order chi connectivity index (χ0) is 30.5. The molecule has 8 rings (SSSR count). The van der Waals surface area contributed by atoms with Gasteiger partial charge in [-0.1, -0.05) is 60.7 Å². The van der Waals surface area contributed by atoms with Gasteiger partial charge in [0.25, 0.3) is 5.91 Å². The van der Waals surface area contributed by atoms with Crippen LogP contribution in [0.3, 0.4) is 0 Å². The number of carbonyl (C=O) groups is 1. The number of hydrogen-bond donors (Lipinski definition) is 0. The number of nitrogens with zero attached hydrogens (tertiary/aromatic N) is 5. The zero-order valence-corrected chi connectivity index (χ0v) is 24.4. The quantitative estimate of drug-likeness (QED) is 0.218. The Hall–Kier alpha value is -5.21. The minimum absolute atomic E-state index is 0.0617. The molecule has 3 aliphatic rings. The number of para-hydroxylation sites is 1. The van der Waals surface area contributed by atoms with Gasteiger partial charge in [-0.3, -0.25) is 9.69 Å². The first-order valence-corrected chi connectivity index (χ1v) is 15.1. The lowest BCUT2D eigenvalue weighted by molar-refractivity contribution is -0.114. The number of allylic oxidation sites excluding steroid dienone is 1. The maximum absolute atomic E-state index is 15.6. The Kier molecular flexibility index (Phi) is 6.72. The standard InChI is InChI=1S/C37H29F2N5O/c38-31-14-15-32(39)35-34(31)28(20-24-10-12-29(13-11-24)43-18-5-17-40-43)21-30-36(35)41-44(37(30)45)33-9-4-3-8-27(33)23-42-19-16-25-6-1-2-7-26(25)22-42/h1-15,17-18,21,28H,16,19-20,22-23H2. The van der Waals surface area contributed by atoms with Gasteiger partial charge in [0.15, 0.2) is 0 Å². The largest absolute Gasteiger partial charge is 0.294 e. The predicted octanol–water partition coefficient (Wildman–Crippen LogP) is 6.73. The van der Waals surface area contributed by atoms with Crippen LogP contribution in [0, 0.1) is 11.6 Å². The molecule has 1 unspecified atom stereocenters. The number of aromatic nitrogens is 2. The molecule has 6 nitrogen and oxygen atoms in total. The van der Waals surface area contributed by atoms with Crippen LogP contribution in [0.1, 0.15) is 39.3 Å². The lowest BCUT2D eigenvalue weighted by atomic mass is 9.79. The molecular formula is C37H29F2N5O. The summed E-state index contributed by atoms with van der Waals surface area (Å²) in [7, 11) is 0. The number of rotatable bonds is 6. The Bertz CT molecular complexity index is 2000. The highest BCUT2D eigenvalue weighted by Gasteiger charge is 2.41. The van der Waals surface area contributed by atoms with Crippen LogP contribution in [-0.4, -0.2) is 32.8 Å². The van der Waals surface area contributed by atoms with E-state index in [9.17, 15) is 4.79 Å². The van der Waals surface area contributed by atoms with Crippen LogP contribution in [0.4, 0.5) is 14.5 Å². The summed E-state index contributed by atoms with van der Waals surface area (Å²) in [6.07, 6.45) is 6.69. The summed E-state index contributed by atoms with van der Waals surface area (Å²) in [6, 6.07) is 28.1. The molecule has 4 aromatic carbocycles. The van der Waals surface area contributed by atoms with Gasteiger partial charge < -0.3 is 0 Å². The molecule has 0 fully saturated rings. The van der Waals surface area contributed by atoms with Crippen molar-refractivity contribution >= 4 is 17.3 Å². The molecule has 1 aromatic heterocycles. The van der Waals surface area contributed by atoms with E-state index in [2.05, 4.69) is 39.4 Å². The fourth-order valence-electron chi connectivity index (χ4n) is 6.77. The van der Waals surface area contributed by atoms with E-state index < -0.39 is 17.6 Å². The van der Waals surface area contributed by atoms with Gasteiger partial charge in [0, 0.05) is 49.1 Å². The van der Waals surface area contributed by atoms with E-state index >= 15 is 8.78 Å². The first-order chi connectivity index (χ1) is 22.0. The molecule has 0 spiro atoms. The molecule has 45 heavy (non-hydrogen) atoms. The molecule has 0 radical (unpaired) electrons. The van der Waals surface area contributed by atoms with Gasteiger partial charge >= 0.3 is 0 Å². The molecule has 0 N–H and O–H groups in total. The third-order valence-electron chi connectivity index (χ3n) is 8.98. The molecule has 1 atom stereocenters. The van der Waals surface area contributed by atoms with E-state index in [0.717, 1.165) is 48.5 Å². The van der Waals surface area contributed by atoms with E-state index in [4.69, 9.17) is 0 Å². The van der Waals surface area contributed by atoms with Gasteiger partial charge in [-0.05, 0) is 71.5 Å². The second-order valence-electron chi connectivity index (χ2n) is 11.7. The van der Waals surface area contributed by atoms with Gasteiger partial charge in [-0.15, -0.1) is 0 Å². The summed E-state index contributed by atoms with van der Waals surface area (Å²) in [5.41, 5.74) is 6.86. The number of hydrazone groups is 1. The highest BCUT2D eigenvalue weighted by molar-refractivity contribution is 6.36. The monoisotopic (exact) mass is 597 g/mol. The number of hydrogen-bond acceptors (Lipinski definition) is 4. The molecule has 3 heterocycles. The van der Waals surface area contributed by atoms with Crippen LogP contribution in [-0.2, 0) is 30.7 Å². The Morgan fingerprint density at radius 2 is 1.62 bits per heavy atom. The van der Waals surface area contributed by atoms with Crippen molar-refractivity contribution in [2.75, 3.05) is 11.6 Å². The van der Waals surface area contributed by atoms with Gasteiger partial charge in [-0.2, -0.15) is 15.2 Å². The first kappa shape index (κ1) is 27.3. The van der Waals surface area contributed by atoms with Crippen molar-refractivity contribution in [1.29, 1.82) is 0 Å². The van der Waals surface area contributed by atoms with Crippen molar-refractivity contribution in [3.05, 3.63) is 160 Å². The number of fused-ring (bicyclic) bond motifs is 4. The average molecular weight is 598 g/mol. The summed E-state index contributed by atoms with van der Waals surface area (Å²) in [5.74, 6) is -1.99. The van der Waals surface area contributed by atoms with Crippen LogP contribution < -0.4 is 5.01 Å². The number of amides is 1. The second kappa shape index (κ2) is 11.1. The third-order valence-corrected chi connectivity index (χ3v) is 8.98. The Labute approximate surface area is 259 Å². The Morgan fingerprint density at radius 3 is 2.44 bits per heavy atom. The smallest absolute Gasteiger partial charge is 0.280 e. The Balaban J connectivity index is 1.12. The molecule has 5 aromatic rings. The maximum atomic E-state index is 15.6. The van der Waals surface area contributed by atoms with Gasteiger partial charge in [0.2, 0.25) is 0 Å². The number of halogens is 2.